The van der Waals surface area contributed by atoms with Gasteiger partial charge >= 0.3 is 0 Å². The topological polar surface area (TPSA) is 57.6 Å². The number of amides is 1. The number of hydrogen-bond acceptors (Lipinski definition) is 3. The smallest absolute Gasteiger partial charge is 0.299 e. The predicted octanol–water partition coefficient (Wildman–Crippen LogP) is 2.88. The van der Waals surface area contributed by atoms with Crippen LogP contribution in [-0.4, -0.2) is 16.8 Å². The maximum absolute atomic E-state index is 12.1. The number of ketones is 1. The van der Waals surface area contributed by atoms with E-state index in [4.69, 9.17) is 0 Å². The van der Waals surface area contributed by atoms with Crippen LogP contribution < -0.4 is 4.90 Å². The van der Waals surface area contributed by atoms with Gasteiger partial charge in [0.15, 0.2) is 0 Å². The molecule has 0 radical (unpaired) electrons. The molecule has 1 heterocycles. The van der Waals surface area contributed by atoms with Crippen molar-refractivity contribution in [2.45, 2.75) is 6.54 Å². The van der Waals surface area contributed by atoms with E-state index in [1.165, 1.54) is 4.90 Å². The van der Waals surface area contributed by atoms with Gasteiger partial charge in [0.2, 0.25) is 0 Å². The third-order valence-electron chi connectivity index (χ3n) is 3.20. The van der Waals surface area contributed by atoms with Crippen LogP contribution in [0.15, 0.2) is 46.9 Å². The zero-order chi connectivity index (χ0) is 14.3. The molecule has 1 N–H and O–H groups in total. The Balaban J connectivity index is 2.02. The second kappa shape index (κ2) is 4.76. The molecule has 0 saturated heterocycles. The van der Waals surface area contributed by atoms with Gasteiger partial charge in [0, 0.05) is 4.47 Å². The lowest BCUT2D eigenvalue weighted by atomic mass is 10.1. The average Bonchev–Trinajstić information content (AvgIpc) is 2.65. The predicted molar refractivity (Wildman–Crippen MR) is 77.8 cm³/mol. The molecule has 0 saturated carbocycles. The molecule has 0 fully saturated rings. The van der Waals surface area contributed by atoms with Crippen molar-refractivity contribution in [3.8, 4) is 5.75 Å². The number of carbonyl (C=O) groups is 2. The average molecular weight is 332 g/mol. The van der Waals surface area contributed by atoms with Gasteiger partial charge in [0.1, 0.15) is 5.75 Å². The number of hydrogen-bond donors (Lipinski definition) is 1. The minimum atomic E-state index is -0.546. The summed E-state index contributed by atoms with van der Waals surface area (Å²) in [5.74, 6) is -0.919. The summed E-state index contributed by atoms with van der Waals surface area (Å²) in [6.07, 6.45) is 0. The molecule has 20 heavy (non-hydrogen) atoms. The van der Waals surface area contributed by atoms with Crippen LogP contribution in [0.3, 0.4) is 0 Å². The number of phenols is 1. The monoisotopic (exact) mass is 331 g/mol. The fraction of sp³-hybridized carbons (Fsp3) is 0.0667. The highest BCUT2D eigenvalue weighted by Crippen LogP contribution is 2.35. The minimum Gasteiger partial charge on any atom is -0.508 e. The zero-order valence-electron chi connectivity index (χ0n) is 10.3. The van der Waals surface area contributed by atoms with Gasteiger partial charge in [-0.2, -0.15) is 0 Å². The first-order valence-electron chi connectivity index (χ1n) is 6.00. The molecule has 2 aromatic carbocycles. The van der Waals surface area contributed by atoms with E-state index in [1.54, 1.807) is 42.5 Å². The van der Waals surface area contributed by atoms with Crippen molar-refractivity contribution in [3.05, 3.63) is 58.1 Å². The maximum Gasteiger partial charge on any atom is 0.299 e. The molecule has 3 rings (SSSR count). The Morgan fingerprint density at radius 1 is 1.10 bits per heavy atom. The number of rotatable bonds is 2. The fourth-order valence-corrected chi connectivity index (χ4v) is 2.83. The molecule has 1 aliphatic rings. The van der Waals surface area contributed by atoms with Crippen LogP contribution in [0.1, 0.15) is 15.9 Å². The Hall–Kier alpha value is -2.14. The summed E-state index contributed by atoms with van der Waals surface area (Å²) >= 11 is 3.30. The molecule has 1 aliphatic heterocycles. The number of nitrogens with zero attached hydrogens (tertiary/aromatic N) is 1. The standard InChI is InChI=1S/C15H10BrNO3/c16-11-5-2-6-12-13(11)14(19)15(20)17(12)8-9-3-1-4-10(18)7-9/h1-7,18H,8H2. The van der Waals surface area contributed by atoms with Gasteiger partial charge in [0.25, 0.3) is 11.7 Å². The maximum atomic E-state index is 12.1. The van der Waals surface area contributed by atoms with Crippen molar-refractivity contribution in [3.63, 3.8) is 0 Å². The summed E-state index contributed by atoms with van der Waals surface area (Å²) in [6.45, 7) is 0.252. The highest BCUT2D eigenvalue weighted by atomic mass is 79.9. The molecule has 0 atom stereocenters. The summed E-state index contributed by atoms with van der Waals surface area (Å²) in [7, 11) is 0. The number of anilines is 1. The SMILES string of the molecule is O=C1C(=O)N(Cc2cccc(O)c2)c2cccc(Br)c21. The van der Waals surface area contributed by atoms with Gasteiger partial charge in [-0.3, -0.25) is 9.59 Å². The highest BCUT2D eigenvalue weighted by molar-refractivity contribution is 9.10. The largest absolute Gasteiger partial charge is 0.508 e. The first-order chi connectivity index (χ1) is 9.58. The van der Waals surface area contributed by atoms with E-state index in [0.29, 0.717) is 15.7 Å². The summed E-state index contributed by atoms with van der Waals surface area (Å²) in [5, 5.41) is 9.47. The molecule has 100 valence electrons. The van der Waals surface area contributed by atoms with Crippen LogP contribution in [0.4, 0.5) is 5.69 Å². The van der Waals surface area contributed by atoms with E-state index in [1.807, 2.05) is 0 Å². The Labute approximate surface area is 123 Å². The lowest BCUT2D eigenvalue weighted by Crippen LogP contribution is -2.29. The molecule has 0 bridgehead atoms. The minimum absolute atomic E-state index is 0.134. The third-order valence-corrected chi connectivity index (χ3v) is 3.86. The molecule has 2 aromatic rings. The van der Waals surface area contributed by atoms with Crippen LogP contribution in [-0.2, 0) is 11.3 Å². The Bertz CT molecular complexity index is 727. The summed E-state index contributed by atoms with van der Waals surface area (Å²) in [5.41, 5.74) is 1.76. The molecule has 1 amide bonds. The van der Waals surface area contributed by atoms with Crippen molar-refractivity contribution in [2.24, 2.45) is 0 Å². The van der Waals surface area contributed by atoms with Crippen LogP contribution in [0.25, 0.3) is 0 Å². The molecular weight excluding hydrogens is 322 g/mol. The molecule has 0 unspecified atom stereocenters. The second-order valence-corrected chi connectivity index (χ2v) is 5.38. The lowest BCUT2D eigenvalue weighted by molar-refractivity contribution is -0.114. The first-order valence-corrected chi connectivity index (χ1v) is 6.80. The highest BCUT2D eigenvalue weighted by Gasteiger charge is 2.37. The van der Waals surface area contributed by atoms with Crippen molar-refractivity contribution in [2.75, 3.05) is 4.90 Å². The van der Waals surface area contributed by atoms with Crippen molar-refractivity contribution < 1.29 is 14.7 Å². The number of fused-ring (bicyclic) bond motifs is 1. The quantitative estimate of drug-likeness (QED) is 0.861. The van der Waals surface area contributed by atoms with E-state index >= 15 is 0 Å². The van der Waals surface area contributed by atoms with Crippen molar-refractivity contribution >= 4 is 33.3 Å². The number of carbonyl (C=O) groups excluding carboxylic acids is 2. The third kappa shape index (κ3) is 2.00. The van der Waals surface area contributed by atoms with E-state index in [2.05, 4.69) is 15.9 Å². The van der Waals surface area contributed by atoms with Crippen LogP contribution >= 0.6 is 15.9 Å². The van der Waals surface area contributed by atoms with E-state index < -0.39 is 11.7 Å². The van der Waals surface area contributed by atoms with Crippen molar-refractivity contribution in [1.82, 2.24) is 0 Å². The molecular formula is C15H10BrNO3. The van der Waals surface area contributed by atoms with Gasteiger partial charge < -0.3 is 10.0 Å². The number of aromatic hydroxyl groups is 1. The molecule has 0 aliphatic carbocycles. The van der Waals surface area contributed by atoms with E-state index in [0.717, 1.165) is 5.56 Å². The van der Waals surface area contributed by atoms with Gasteiger partial charge in [-0.15, -0.1) is 0 Å². The zero-order valence-corrected chi connectivity index (χ0v) is 11.9. The number of Topliss-reactive ketones (excluding diaryl/α,β-unsaturated/α-hetero) is 1. The van der Waals surface area contributed by atoms with Gasteiger partial charge in [0.05, 0.1) is 17.8 Å². The van der Waals surface area contributed by atoms with E-state index in [9.17, 15) is 14.7 Å². The Morgan fingerprint density at radius 2 is 1.85 bits per heavy atom. The second-order valence-electron chi connectivity index (χ2n) is 4.52. The number of halogens is 1. The number of phenolic OH excluding ortho intramolecular Hbond substituents is 1. The van der Waals surface area contributed by atoms with Crippen LogP contribution in [0.2, 0.25) is 0 Å². The van der Waals surface area contributed by atoms with Gasteiger partial charge in [-0.1, -0.05) is 18.2 Å². The van der Waals surface area contributed by atoms with Crippen LogP contribution in [0, 0.1) is 0 Å². The lowest BCUT2D eigenvalue weighted by Gasteiger charge is -2.16. The Kier molecular flexibility index (Phi) is 3.06. The molecule has 0 aromatic heterocycles. The normalized spacial score (nSPS) is 13.8. The Morgan fingerprint density at radius 3 is 2.60 bits per heavy atom. The van der Waals surface area contributed by atoms with Crippen molar-refractivity contribution in [1.29, 1.82) is 0 Å². The number of benzene rings is 2. The molecule has 4 nitrogen and oxygen atoms in total. The van der Waals surface area contributed by atoms with Crippen LogP contribution in [0.5, 0.6) is 5.75 Å². The van der Waals surface area contributed by atoms with Gasteiger partial charge in [-0.25, -0.2) is 0 Å². The fourth-order valence-electron chi connectivity index (χ4n) is 2.30. The summed E-state index contributed by atoms with van der Waals surface area (Å²) in [6, 6.07) is 11.9. The van der Waals surface area contributed by atoms with Gasteiger partial charge in [-0.05, 0) is 45.8 Å². The summed E-state index contributed by atoms with van der Waals surface area (Å²) in [4.78, 5) is 25.5. The molecule has 5 heteroatoms. The first kappa shape index (κ1) is 12.9. The molecule has 0 spiro atoms. The van der Waals surface area contributed by atoms with E-state index in [-0.39, 0.29) is 12.3 Å². The summed E-state index contributed by atoms with van der Waals surface area (Å²) < 4.78 is 0.617.